The third-order valence-corrected chi connectivity index (χ3v) is 4.41. The van der Waals surface area contributed by atoms with E-state index < -0.39 is 0 Å². The molecule has 1 aliphatic rings. The average Bonchev–Trinajstić information content (AvgIpc) is 2.97. The smallest absolute Gasteiger partial charge is 0.153 e. The van der Waals surface area contributed by atoms with Crippen molar-refractivity contribution in [3.8, 4) is 11.1 Å². The van der Waals surface area contributed by atoms with Crippen LogP contribution < -0.4 is 5.73 Å². The number of nitrogens with zero attached hydrogens (tertiary/aromatic N) is 1. The van der Waals surface area contributed by atoms with Crippen LogP contribution in [0.3, 0.4) is 0 Å². The molecule has 1 heterocycles. The number of aromatic nitrogens is 2. The van der Waals surface area contributed by atoms with Gasteiger partial charge in [-0.05, 0) is 25.3 Å². The second kappa shape index (κ2) is 4.41. The maximum atomic E-state index is 6.11. The van der Waals surface area contributed by atoms with Crippen LogP contribution in [0.4, 0.5) is 5.82 Å². The molecule has 0 amide bonds. The van der Waals surface area contributed by atoms with E-state index in [1.54, 1.807) is 0 Å². The van der Waals surface area contributed by atoms with Crippen LogP contribution in [-0.4, -0.2) is 10.2 Å². The molecular formula is C16H21N3. The zero-order valence-electron chi connectivity index (χ0n) is 11.7. The summed E-state index contributed by atoms with van der Waals surface area (Å²) < 4.78 is 0. The van der Waals surface area contributed by atoms with Crippen LogP contribution in [0, 0.1) is 6.92 Å². The number of nitrogen functional groups attached to an aromatic ring is 1. The standard InChI is InChI=1S/C16H21N3/c1-11-6-5-7-12(10-11)13-14(18-19-15(13)17)16(2)8-3-4-9-16/h5-7,10H,3-4,8-9H2,1-2H3,(H3,17,18,19). The van der Waals surface area contributed by atoms with Crippen molar-refractivity contribution in [3.63, 3.8) is 0 Å². The van der Waals surface area contributed by atoms with Crippen molar-refractivity contribution in [3.05, 3.63) is 35.5 Å². The van der Waals surface area contributed by atoms with E-state index in [-0.39, 0.29) is 5.41 Å². The van der Waals surface area contributed by atoms with Crippen LogP contribution in [0.15, 0.2) is 24.3 Å². The summed E-state index contributed by atoms with van der Waals surface area (Å²) in [6, 6.07) is 8.49. The molecule has 100 valence electrons. The van der Waals surface area contributed by atoms with E-state index in [1.165, 1.54) is 42.5 Å². The fraction of sp³-hybridized carbons (Fsp3) is 0.438. The monoisotopic (exact) mass is 255 g/mol. The Balaban J connectivity index is 2.13. The Hall–Kier alpha value is -1.77. The van der Waals surface area contributed by atoms with Gasteiger partial charge < -0.3 is 5.73 Å². The molecule has 1 aromatic carbocycles. The highest BCUT2D eigenvalue weighted by Gasteiger charge is 2.35. The summed E-state index contributed by atoms with van der Waals surface area (Å²) in [6.45, 7) is 4.43. The van der Waals surface area contributed by atoms with Gasteiger partial charge in [-0.25, -0.2) is 0 Å². The van der Waals surface area contributed by atoms with Crippen LogP contribution >= 0.6 is 0 Å². The van der Waals surface area contributed by atoms with E-state index in [0.717, 1.165) is 5.56 Å². The second-order valence-electron chi connectivity index (χ2n) is 6.00. The normalized spacial score (nSPS) is 17.8. The SMILES string of the molecule is Cc1cccc(-c2c(N)n[nH]c2C2(C)CCCC2)c1. The highest BCUT2D eigenvalue weighted by atomic mass is 15.2. The lowest BCUT2D eigenvalue weighted by Crippen LogP contribution is -2.18. The van der Waals surface area contributed by atoms with Gasteiger partial charge in [0.25, 0.3) is 0 Å². The van der Waals surface area contributed by atoms with Gasteiger partial charge in [0, 0.05) is 11.0 Å². The minimum atomic E-state index is 0.198. The highest BCUT2D eigenvalue weighted by Crippen LogP contribution is 2.45. The minimum absolute atomic E-state index is 0.198. The summed E-state index contributed by atoms with van der Waals surface area (Å²) in [6.07, 6.45) is 5.02. The van der Waals surface area contributed by atoms with Crippen LogP contribution in [-0.2, 0) is 5.41 Å². The lowest BCUT2D eigenvalue weighted by atomic mass is 9.81. The Morgan fingerprint density at radius 3 is 2.68 bits per heavy atom. The predicted molar refractivity (Wildman–Crippen MR) is 79.0 cm³/mol. The molecule has 0 spiro atoms. The lowest BCUT2D eigenvalue weighted by Gasteiger charge is -2.23. The van der Waals surface area contributed by atoms with Crippen molar-refractivity contribution in [2.24, 2.45) is 0 Å². The van der Waals surface area contributed by atoms with Gasteiger partial charge in [0.05, 0.1) is 5.69 Å². The molecule has 19 heavy (non-hydrogen) atoms. The summed E-state index contributed by atoms with van der Waals surface area (Å²) >= 11 is 0. The molecule has 3 nitrogen and oxygen atoms in total. The van der Waals surface area contributed by atoms with Crippen LogP contribution in [0.25, 0.3) is 11.1 Å². The molecule has 0 radical (unpaired) electrons. The first kappa shape index (κ1) is 12.3. The van der Waals surface area contributed by atoms with Gasteiger partial charge in [-0.15, -0.1) is 0 Å². The van der Waals surface area contributed by atoms with Crippen molar-refractivity contribution < 1.29 is 0 Å². The summed E-state index contributed by atoms with van der Waals surface area (Å²) in [5.41, 5.74) is 11.1. The quantitative estimate of drug-likeness (QED) is 0.857. The molecule has 1 aliphatic carbocycles. The third-order valence-electron chi connectivity index (χ3n) is 4.41. The largest absolute Gasteiger partial charge is 0.382 e. The van der Waals surface area contributed by atoms with E-state index in [9.17, 15) is 0 Å². The molecule has 1 aromatic heterocycles. The molecule has 0 bridgehead atoms. The maximum absolute atomic E-state index is 6.11. The fourth-order valence-electron chi connectivity index (χ4n) is 3.29. The summed E-state index contributed by atoms with van der Waals surface area (Å²) in [5.74, 6) is 0.619. The first-order valence-electron chi connectivity index (χ1n) is 7.01. The van der Waals surface area contributed by atoms with Gasteiger partial charge in [0.2, 0.25) is 0 Å². The molecule has 2 aromatic rings. The minimum Gasteiger partial charge on any atom is -0.382 e. The van der Waals surface area contributed by atoms with E-state index in [2.05, 4.69) is 48.3 Å². The molecule has 1 saturated carbocycles. The Morgan fingerprint density at radius 1 is 1.26 bits per heavy atom. The number of aromatic amines is 1. The maximum Gasteiger partial charge on any atom is 0.153 e. The molecule has 3 N–H and O–H groups in total. The van der Waals surface area contributed by atoms with Crippen molar-refractivity contribution >= 4 is 5.82 Å². The summed E-state index contributed by atoms with van der Waals surface area (Å²) in [7, 11) is 0. The highest BCUT2D eigenvalue weighted by molar-refractivity contribution is 5.77. The van der Waals surface area contributed by atoms with Gasteiger partial charge >= 0.3 is 0 Å². The topological polar surface area (TPSA) is 54.7 Å². The van der Waals surface area contributed by atoms with Crippen LogP contribution in [0.5, 0.6) is 0 Å². The van der Waals surface area contributed by atoms with Gasteiger partial charge in [0.1, 0.15) is 0 Å². The summed E-state index contributed by atoms with van der Waals surface area (Å²) in [4.78, 5) is 0. The number of benzene rings is 1. The molecular weight excluding hydrogens is 234 g/mol. The fourth-order valence-corrected chi connectivity index (χ4v) is 3.29. The van der Waals surface area contributed by atoms with Gasteiger partial charge in [-0.1, -0.05) is 49.6 Å². The van der Waals surface area contributed by atoms with Crippen molar-refractivity contribution in [1.82, 2.24) is 10.2 Å². The first-order valence-corrected chi connectivity index (χ1v) is 7.01. The number of hydrogen-bond donors (Lipinski definition) is 2. The van der Waals surface area contributed by atoms with Crippen LogP contribution in [0.1, 0.15) is 43.9 Å². The number of hydrogen-bond acceptors (Lipinski definition) is 2. The molecule has 0 aliphatic heterocycles. The third kappa shape index (κ3) is 2.03. The number of nitrogens with one attached hydrogen (secondary N) is 1. The van der Waals surface area contributed by atoms with E-state index in [1.807, 2.05) is 0 Å². The zero-order chi connectivity index (χ0) is 13.5. The first-order chi connectivity index (χ1) is 9.10. The van der Waals surface area contributed by atoms with Gasteiger partial charge in [0.15, 0.2) is 5.82 Å². The van der Waals surface area contributed by atoms with Crippen molar-refractivity contribution in [1.29, 1.82) is 0 Å². The molecule has 0 atom stereocenters. The number of anilines is 1. The molecule has 3 heteroatoms. The van der Waals surface area contributed by atoms with Crippen LogP contribution in [0.2, 0.25) is 0 Å². The number of aryl methyl sites for hydroxylation is 1. The van der Waals surface area contributed by atoms with Gasteiger partial charge in [-0.2, -0.15) is 5.10 Å². The Kier molecular flexibility index (Phi) is 2.85. The lowest BCUT2D eigenvalue weighted by molar-refractivity contribution is 0.476. The summed E-state index contributed by atoms with van der Waals surface area (Å²) in [5, 5.41) is 7.46. The Morgan fingerprint density at radius 2 is 2.00 bits per heavy atom. The van der Waals surface area contributed by atoms with E-state index >= 15 is 0 Å². The second-order valence-corrected chi connectivity index (χ2v) is 6.00. The number of nitrogens with two attached hydrogens (primary N) is 1. The predicted octanol–water partition coefficient (Wildman–Crippen LogP) is 3.80. The van der Waals surface area contributed by atoms with Gasteiger partial charge in [-0.3, -0.25) is 5.10 Å². The number of rotatable bonds is 2. The number of H-pyrrole nitrogens is 1. The average molecular weight is 255 g/mol. The molecule has 1 fully saturated rings. The zero-order valence-corrected chi connectivity index (χ0v) is 11.7. The van der Waals surface area contributed by atoms with Crippen molar-refractivity contribution in [2.75, 3.05) is 5.73 Å². The molecule has 0 unspecified atom stereocenters. The Labute approximate surface area is 114 Å². The van der Waals surface area contributed by atoms with E-state index in [0.29, 0.717) is 5.82 Å². The Bertz CT molecular complexity index is 592. The van der Waals surface area contributed by atoms with E-state index in [4.69, 9.17) is 5.73 Å². The van der Waals surface area contributed by atoms with Crippen molar-refractivity contribution in [2.45, 2.75) is 44.9 Å². The molecule has 0 saturated heterocycles. The molecule has 3 rings (SSSR count).